The molecule has 1 unspecified atom stereocenters. The maximum Gasteiger partial charge on any atom is 0.238 e. The Kier molecular flexibility index (Phi) is 8.21. The van der Waals surface area contributed by atoms with E-state index in [0.717, 1.165) is 17.9 Å². The first kappa shape index (κ1) is 20.4. The Bertz CT molecular complexity index is 624. The molecule has 6 nitrogen and oxygen atoms in total. The second-order valence-corrected chi connectivity index (χ2v) is 8.14. The highest BCUT2D eigenvalue weighted by molar-refractivity contribution is 7.89. The second-order valence-electron chi connectivity index (χ2n) is 6.58. The lowest BCUT2D eigenvalue weighted by Crippen LogP contribution is -2.38. The Hall–Kier alpha value is -1.60. The molecule has 1 aromatic carbocycles. The summed E-state index contributed by atoms with van der Waals surface area (Å²) in [4.78, 5) is 4.43. The van der Waals surface area contributed by atoms with Crippen LogP contribution < -0.4 is 16.2 Å². The summed E-state index contributed by atoms with van der Waals surface area (Å²) in [6.07, 6.45) is 4.16. The van der Waals surface area contributed by atoms with Crippen molar-refractivity contribution in [2.24, 2.45) is 21.8 Å². The average Bonchev–Trinajstić information content (AvgIpc) is 2.46. The van der Waals surface area contributed by atoms with Crippen LogP contribution in [0.15, 0.2) is 34.2 Å². The highest BCUT2D eigenvalue weighted by Crippen LogP contribution is 2.09. The molecular formula is C17H30N4O2S. The fourth-order valence-electron chi connectivity index (χ4n) is 2.35. The minimum absolute atomic E-state index is 0.117. The molecule has 0 saturated heterocycles. The summed E-state index contributed by atoms with van der Waals surface area (Å²) in [5.74, 6) is 1.18. The molecule has 1 atom stereocenters. The first-order valence-electron chi connectivity index (χ1n) is 8.36. The summed E-state index contributed by atoms with van der Waals surface area (Å²) in [5.41, 5.74) is 6.88. The second kappa shape index (κ2) is 9.64. The minimum atomic E-state index is -3.64. The number of guanidine groups is 1. The predicted octanol–water partition coefficient (Wildman–Crippen LogP) is 2.00. The van der Waals surface area contributed by atoms with E-state index < -0.39 is 10.0 Å². The summed E-state index contributed by atoms with van der Waals surface area (Å²) >= 11 is 0. The SMILES string of the molecule is CC(C)CCCC(C)NC(N)=NCCc1ccc(S(N)(=O)=O)cc1. The molecule has 0 aliphatic carbocycles. The van der Waals surface area contributed by atoms with Crippen molar-refractivity contribution in [2.45, 2.75) is 57.4 Å². The topological polar surface area (TPSA) is 111 Å². The molecule has 1 aromatic rings. The van der Waals surface area contributed by atoms with Crippen LogP contribution in [-0.4, -0.2) is 27.0 Å². The van der Waals surface area contributed by atoms with E-state index in [4.69, 9.17) is 10.9 Å². The van der Waals surface area contributed by atoms with Gasteiger partial charge in [0.1, 0.15) is 0 Å². The van der Waals surface area contributed by atoms with E-state index in [1.54, 1.807) is 12.1 Å². The third kappa shape index (κ3) is 8.31. The Morgan fingerprint density at radius 1 is 1.17 bits per heavy atom. The lowest BCUT2D eigenvalue weighted by atomic mass is 10.0. The number of benzene rings is 1. The van der Waals surface area contributed by atoms with Crippen LogP contribution in [-0.2, 0) is 16.4 Å². The van der Waals surface area contributed by atoms with Gasteiger partial charge in [0.25, 0.3) is 0 Å². The van der Waals surface area contributed by atoms with Crippen molar-refractivity contribution in [1.29, 1.82) is 0 Å². The van der Waals surface area contributed by atoms with E-state index >= 15 is 0 Å². The zero-order chi connectivity index (χ0) is 18.2. The van der Waals surface area contributed by atoms with E-state index in [-0.39, 0.29) is 4.90 Å². The van der Waals surface area contributed by atoms with E-state index in [0.29, 0.717) is 25.0 Å². The fraction of sp³-hybridized carbons (Fsp3) is 0.588. The molecule has 0 aliphatic heterocycles. The number of nitrogens with zero attached hydrogens (tertiary/aromatic N) is 1. The van der Waals surface area contributed by atoms with Gasteiger partial charge in [-0.25, -0.2) is 13.6 Å². The molecule has 0 heterocycles. The number of hydrogen-bond donors (Lipinski definition) is 3. The summed E-state index contributed by atoms with van der Waals surface area (Å²) in [7, 11) is -3.64. The van der Waals surface area contributed by atoms with Gasteiger partial charge in [-0.1, -0.05) is 38.8 Å². The largest absolute Gasteiger partial charge is 0.370 e. The van der Waals surface area contributed by atoms with Crippen LogP contribution in [0.25, 0.3) is 0 Å². The zero-order valence-corrected chi connectivity index (χ0v) is 15.6. The van der Waals surface area contributed by atoms with Crippen LogP contribution in [0.3, 0.4) is 0 Å². The van der Waals surface area contributed by atoms with Crippen molar-refractivity contribution >= 4 is 16.0 Å². The zero-order valence-electron chi connectivity index (χ0n) is 14.8. The van der Waals surface area contributed by atoms with Crippen molar-refractivity contribution in [3.05, 3.63) is 29.8 Å². The molecule has 5 N–H and O–H groups in total. The molecule has 0 fully saturated rings. The number of primary sulfonamides is 1. The highest BCUT2D eigenvalue weighted by atomic mass is 32.2. The van der Waals surface area contributed by atoms with Gasteiger partial charge in [-0.2, -0.15) is 0 Å². The van der Waals surface area contributed by atoms with Crippen molar-refractivity contribution < 1.29 is 8.42 Å². The molecule has 0 radical (unpaired) electrons. The molecule has 7 heteroatoms. The number of nitrogens with one attached hydrogen (secondary N) is 1. The molecule has 0 amide bonds. The molecule has 0 spiro atoms. The maximum atomic E-state index is 11.2. The van der Waals surface area contributed by atoms with Crippen LogP contribution in [0.1, 0.15) is 45.6 Å². The first-order chi connectivity index (χ1) is 11.2. The van der Waals surface area contributed by atoms with E-state index in [1.807, 2.05) is 0 Å². The van der Waals surface area contributed by atoms with E-state index in [2.05, 4.69) is 31.1 Å². The summed E-state index contributed by atoms with van der Waals surface area (Å²) < 4.78 is 22.4. The van der Waals surface area contributed by atoms with Crippen molar-refractivity contribution in [3.63, 3.8) is 0 Å². The maximum absolute atomic E-state index is 11.2. The Morgan fingerprint density at radius 3 is 2.33 bits per heavy atom. The Morgan fingerprint density at radius 2 is 1.79 bits per heavy atom. The molecule has 0 bridgehead atoms. The van der Waals surface area contributed by atoms with Gasteiger partial charge >= 0.3 is 0 Å². The summed E-state index contributed by atoms with van der Waals surface area (Å²) in [6, 6.07) is 6.81. The highest BCUT2D eigenvalue weighted by Gasteiger charge is 2.07. The van der Waals surface area contributed by atoms with Crippen LogP contribution in [0.5, 0.6) is 0 Å². The van der Waals surface area contributed by atoms with E-state index in [9.17, 15) is 8.42 Å². The third-order valence-corrected chi connectivity index (χ3v) is 4.68. The van der Waals surface area contributed by atoms with Gasteiger partial charge in [-0.15, -0.1) is 0 Å². The summed E-state index contributed by atoms with van der Waals surface area (Å²) in [6.45, 7) is 7.10. The van der Waals surface area contributed by atoms with Gasteiger partial charge in [-0.05, 0) is 43.4 Å². The minimum Gasteiger partial charge on any atom is -0.370 e. The van der Waals surface area contributed by atoms with Crippen LogP contribution in [0.2, 0.25) is 0 Å². The molecule has 0 aliphatic rings. The van der Waals surface area contributed by atoms with Crippen molar-refractivity contribution in [2.75, 3.05) is 6.54 Å². The van der Waals surface area contributed by atoms with Crippen LogP contribution in [0.4, 0.5) is 0 Å². The Labute approximate surface area is 145 Å². The van der Waals surface area contributed by atoms with Crippen molar-refractivity contribution in [3.8, 4) is 0 Å². The Balaban J connectivity index is 2.37. The van der Waals surface area contributed by atoms with Gasteiger partial charge in [-0.3, -0.25) is 4.99 Å². The number of aliphatic imine (C=N–C) groups is 1. The molecule has 0 saturated carbocycles. The molecule has 24 heavy (non-hydrogen) atoms. The lowest BCUT2D eigenvalue weighted by Gasteiger charge is -2.15. The van der Waals surface area contributed by atoms with Crippen LogP contribution in [0, 0.1) is 5.92 Å². The van der Waals surface area contributed by atoms with Gasteiger partial charge in [0.2, 0.25) is 10.0 Å². The standard InChI is InChI=1S/C17H30N4O2S/c1-13(2)5-4-6-14(3)21-17(18)20-12-11-15-7-9-16(10-8-15)24(19,22)23/h7-10,13-14H,4-6,11-12H2,1-3H3,(H3,18,20,21)(H2,19,22,23). The normalized spacial score (nSPS) is 14.0. The predicted molar refractivity (Wildman–Crippen MR) is 99.3 cm³/mol. The van der Waals surface area contributed by atoms with Gasteiger partial charge < -0.3 is 11.1 Å². The van der Waals surface area contributed by atoms with Gasteiger partial charge in [0.15, 0.2) is 5.96 Å². The first-order valence-corrected chi connectivity index (χ1v) is 9.91. The molecular weight excluding hydrogens is 324 g/mol. The van der Waals surface area contributed by atoms with Gasteiger partial charge in [0, 0.05) is 12.6 Å². The smallest absolute Gasteiger partial charge is 0.238 e. The van der Waals surface area contributed by atoms with E-state index in [1.165, 1.54) is 25.0 Å². The average molecular weight is 355 g/mol. The molecule has 136 valence electrons. The fourth-order valence-corrected chi connectivity index (χ4v) is 2.87. The van der Waals surface area contributed by atoms with Gasteiger partial charge in [0.05, 0.1) is 4.90 Å². The third-order valence-electron chi connectivity index (χ3n) is 3.75. The van der Waals surface area contributed by atoms with Crippen molar-refractivity contribution in [1.82, 2.24) is 5.32 Å². The number of hydrogen-bond acceptors (Lipinski definition) is 3. The number of rotatable bonds is 9. The number of nitrogens with two attached hydrogens (primary N) is 2. The lowest BCUT2D eigenvalue weighted by molar-refractivity contribution is 0.493. The monoisotopic (exact) mass is 354 g/mol. The van der Waals surface area contributed by atoms with Crippen LogP contribution >= 0.6 is 0 Å². The molecule has 1 rings (SSSR count). The summed E-state index contributed by atoms with van der Waals surface area (Å²) in [5, 5.41) is 8.27. The quantitative estimate of drug-likeness (QED) is 0.465. The molecule has 0 aromatic heterocycles. The number of sulfonamides is 1.